The molecule has 0 saturated carbocycles. The lowest BCUT2D eigenvalue weighted by Gasteiger charge is -2.35. The molecule has 7 nitrogen and oxygen atoms in total. The van der Waals surface area contributed by atoms with Crippen molar-refractivity contribution in [2.45, 2.75) is 33.7 Å². The number of rotatable bonds is 4. The van der Waals surface area contributed by atoms with Gasteiger partial charge in [0, 0.05) is 26.2 Å². The number of nitrogens with zero attached hydrogens (tertiary/aromatic N) is 3. The zero-order chi connectivity index (χ0) is 16.4. The zero-order valence-electron chi connectivity index (χ0n) is 13.3. The number of carbonyl (C=O) groups excluding carboxylic acids is 1. The smallest absolute Gasteiger partial charge is 0.288 e. The topological polar surface area (TPSA) is 88.4 Å². The molecule has 1 heterocycles. The lowest BCUT2D eigenvalue weighted by molar-refractivity contribution is -0.385. The number of nitro groups is 1. The Morgan fingerprint density at radius 2 is 2.05 bits per heavy atom. The molecule has 0 bridgehead atoms. The average Bonchev–Trinajstić information content (AvgIpc) is 2.42. The van der Waals surface area contributed by atoms with Gasteiger partial charge in [0.1, 0.15) is 12.0 Å². The summed E-state index contributed by atoms with van der Waals surface area (Å²) < 4.78 is 0. The van der Waals surface area contributed by atoms with Crippen molar-refractivity contribution in [3.63, 3.8) is 0 Å². The first kappa shape index (κ1) is 16.9. The second kappa shape index (κ2) is 6.07. The molecule has 0 aliphatic heterocycles. The highest BCUT2D eigenvalue weighted by Gasteiger charge is 2.29. The molecule has 1 aromatic heterocycles. The van der Waals surface area contributed by atoms with Crippen molar-refractivity contribution in [1.82, 2.24) is 9.88 Å². The third-order valence-electron chi connectivity index (χ3n) is 3.71. The molecule has 1 rings (SSSR count). The first-order valence-corrected chi connectivity index (χ1v) is 6.69. The van der Waals surface area contributed by atoms with Crippen LogP contribution in [0.2, 0.25) is 0 Å². The lowest BCUT2D eigenvalue weighted by Crippen LogP contribution is -2.43. The predicted molar refractivity (Wildman–Crippen MR) is 81.4 cm³/mol. The van der Waals surface area contributed by atoms with E-state index < -0.39 is 4.92 Å². The van der Waals surface area contributed by atoms with Gasteiger partial charge in [-0.15, -0.1) is 0 Å². The van der Waals surface area contributed by atoms with Gasteiger partial charge < -0.3 is 10.2 Å². The standard InChI is InChI=1S/C14H22N4O3/c1-9(14(2,3)4)17(6)13(19)11-7-10(18(20)21)8-16-12(11)15-5/h7-9H,1-6H3,(H,15,16). The first-order chi connectivity index (χ1) is 9.59. The minimum Gasteiger partial charge on any atom is -0.372 e. The third kappa shape index (κ3) is 3.68. The molecule has 0 radical (unpaired) electrons. The first-order valence-electron chi connectivity index (χ1n) is 6.69. The molecule has 116 valence electrons. The van der Waals surface area contributed by atoms with E-state index in [0.29, 0.717) is 5.82 Å². The highest BCUT2D eigenvalue weighted by Crippen LogP contribution is 2.26. The van der Waals surface area contributed by atoms with Gasteiger partial charge in [-0.05, 0) is 12.3 Å². The van der Waals surface area contributed by atoms with Crippen molar-refractivity contribution < 1.29 is 9.72 Å². The van der Waals surface area contributed by atoms with Crippen LogP contribution >= 0.6 is 0 Å². The molecule has 1 unspecified atom stereocenters. The molecule has 7 heteroatoms. The summed E-state index contributed by atoms with van der Waals surface area (Å²) in [7, 11) is 3.31. The Morgan fingerprint density at radius 1 is 1.48 bits per heavy atom. The van der Waals surface area contributed by atoms with E-state index in [4.69, 9.17) is 0 Å². The molecule has 21 heavy (non-hydrogen) atoms. The summed E-state index contributed by atoms with van der Waals surface area (Å²) in [5.41, 5.74) is -0.0993. The number of carbonyl (C=O) groups is 1. The Hall–Kier alpha value is -2.18. The predicted octanol–water partition coefficient (Wildman–Crippen LogP) is 2.54. The van der Waals surface area contributed by atoms with Crippen LogP contribution in [0, 0.1) is 15.5 Å². The zero-order valence-corrected chi connectivity index (χ0v) is 13.3. The van der Waals surface area contributed by atoms with Gasteiger partial charge >= 0.3 is 0 Å². The van der Waals surface area contributed by atoms with Gasteiger partial charge in [-0.25, -0.2) is 4.98 Å². The summed E-state index contributed by atoms with van der Waals surface area (Å²) in [5.74, 6) is 0.0385. The normalized spacial score (nSPS) is 12.7. The van der Waals surface area contributed by atoms with Gasteiger partial charge in [0.05, 0.1) is 10.5 Å². The molecule has 0 fully saturated rings. The fraction of sp³-hybridized carbons (Fsp3) is 0.571. The third-order valence-corrected chi connectivity index (χ3v) is 3.71. The highest BCUT2D eigenvalue weighted by molar-refractivity contribution is 5.99. The van der Waals surface area contributed by atoms with Gasteiger partial charge in [0.15, 0.2) is 0 Å². The molecular formula is C14H22N4O3. The Morgan fingerprint density at radius 3 is 2.48 bits per heavy atom. The SMILES string of the molecule is CNc1ncc([N+](=O)[O-])cc1C(=O)N(C)C(C)C(C)(C)C. The van der Waals surface area contributed by atoms with Crippen molar-refractivity contribution in [2.24, 2.45) is 5.41 Å². The Balaban J connectivity index is 3.22. The number of nitrogens with one attached hydrogen (secondary N) is 1. The number of hydrogen-bond acceptors (Lipinski definition) is 5. The molecular weight excluding hydrogens is 272 g/mol. The van der Waals surface area contributed by atoms with E-state index in [9.17, 15) is 14.9 Å². The summed E-state index contributed by atoms with van der Waals surface area (Å²) in [6, 6.07) is 1.22. The molecule has 1 N–H and O–H groups in total. The molecule has 0 spiro atoms. The number of pyridine rings is 1. The lowest BCUT2D eigenvalue weighted by atomic mass is 9.87. The van der Waals surface area contributed by atoms with Gasteiger partial charge in [-0.1, -0.05) is 20.8 Å². The van der Waals surface area contributed by atoms with Crippen LogP contribution < -0.4 is 5.32 Å². The van der Waals surface area contributed by atoms with E-state index in [2.05, 4.69) is 10.3 Å². The highest BCUT2D eigenvalue weighted by atomic mass is 16.6. The Kier molecular flexibility index (Phi) is 4.88. The molecule has 0 aromatic carbocycles. The van der Waals surface area contributed by atoms with Crippen LogP contribution in [-0.4, -0.2) is 40.9 Å². The summed E-state index contributed by atoms with van der Waals surface area (Å²) in [6.45, 7) is 8.05. The van der Waals surface area contributed by atoms with E-state index >= 15 is 0 Å². The maximum Gasteiger partial charge on any atom is 0.288 e. The van der Waals surface area contributed by atoms with Crippen molar-refractivity contribution in [1.29, 1.82) is 0 Å². The van der Waals surface area contributed by atoms with Crippen LogP contribution in [0.15, 0.2) is 12.3 Å². The van der Waals surface area contributed by atoms with E-state index in [1.807, 2.05) is 27.7 Å². The number of anilines is 1. The van der Waals surface area contributed by atoms with Crippen molar-refractivity contribution >= 4 is 17.4 Å². The molecule has 1 aromatic rings. The van der Waals surface area contributed by atoms with Gasteiger partial charge in [-0.2, -0.15) is 0 Å². The average molecular weight is 294 g/mol. The Bertz CT molecular complexity index is 552. The maximum atomic E-state index is 12.6. The van der Waals surface area contributed by atoms with Crippen molar-refractivity contribution in [3.8, 4) is 0 Å². The van der Waals surface area contributed by atoms with Crippen LogP contribution in [0.3, 0.4) is 0 Å². The Labute approximate surface area is 124 Å². The minimum atomic E-state index is -0.559. The molecule has 0 aliphatic carbocycles. The maximum absolute atomic E-state index is 12.6. The fourth-order valence-electron chi connectivity index (χ4n) is 1.86. The number of amides is 1. The van der Waals surface area contributed by atoms with Gasteiger partial charge in [0.25, 0.3) is 11.6 Å². The second-order valence-corrected chi connectivity index (χ2v) is 6.05. The van der Waals surface area contributed by atoms with Crippen LogP contribution in [-0.2, 0) is 0 Å². The van der Waals surface area contributed by atoms with E-state index in [-0.39, 0.29) is 28.6 Å². The monoisotopic (exact) mass is 294 g/mol. The van der Waals surface area contributed by atoms with Crippen molar-refractivity contribution in [2.75, 3.05) is 19.4 Å². The number of hydrogen-bond donors (Lipinski definition) is 1. The van der Waals surface area contributed by atoms with Crippen LogP contribution in [0.5, 0.6) is 0 Å². The fourth-order valence-corrected chi connectivity index (χ4v) is 1.86. The second-order valence-electron chi connectivity index (χ2n) is 6.05. The summed E-state index contributed by atoms with van der Waals surface area (Å²) in [4.78, 5) is 28.4. The van der Waals surface area contributed by atoms with Crippen LogP contribution in [0.25, 0.3) is 0 Å². The van der Waals surface area contributed by atoms with E-state index in [0.717, 1.165) is 6.20 Å². The van der Waals surface area contributed by atoms with E-state index in [1.165, 1.54) is 6.07 Å². The van der Waals surface area contributed by atoms with Crippen LogP contribution in [0.1, 0.15) is 38.1 Å². The molecule has 1 atom stereocenters. The quantitative estimate of drug-likeness (QED) is 0.681. The summed E-state index contributed by atoms with van der Waals surface area (Å²) in [6.07, 6.45) is 1.13. The summed E-state index contributed by atoms with van der Waals surface area (Å²) in [5, 5.41) is 13.7. The largest absolute Gasteiger partial charge is 0.372 e. The minimum absolute atomic E-state index is 0.0334. The molecule has 1 amide bonds. The van der Waals surface area contributed by atoms with Crippen LogP contribution in [0.4, 0.5) is 11.5 Å². The van der Waals surface area contributed by atoms with Gasteiger partial charge in [0.2, 0.25) is 0 Å². The van der Waals surface area contributed by atoms with Crippen molar-refractivity contribution in [3.05, 3.63) is 27.9 Å². The molecule has 0 aliphatic rings. The van der Waals surface area contributed by atoms with E-state index in [1.54, 1.807) is 19.0 Å². The summed E-state index contributed by atoms with van der Waals surface area (Å²) >= 11 is 0. The number of aromatic nitrogens is 1. The molecule has 0 saturated heterocycles. The van der Waals surface area contributed by atoms with Gasteiger partial charge in [-0.3, -0.25) is 14.9 Å².